The van der Waals surface area contributed by atoms with Crippen LogP contribution in [-0.4, -0.2) is 54.7 Å². The predicted molar refractivity (Wildman–Crippen MR) is 100 cm³/mol. The summed E-state index contributed by atoms with van der Waals surface area (Å²) in [6.45, 7) is 0.104. The van der Waals surface area contributed by atoms with E-state index in [1.165, 1.54) is 17.0 Å². The molecular weight excluding hydrogens is 454 g/mol. The third-order valence-corrected chi connectivity index (χ3v) is 6.79. The number of hydrogen-bond donors (Lipinski definition) is 0. The first kappa shape index (κ1) is 21.8. The maximum Gasteiger partial charge on any atom is 0.416 e. The molecule has 3 rings (SSSR count). The fourth-order valence-electron chi connectivity index (χ4n) is 2.81. The van der Waals surface area contributed by atoms with Gasteiger partial charge in [0.05, 0.1) is 15.5 Å². The molecule has 1 fully saturated rings. The van der Waals surface area contributed by atoms with Gasteiger partial charge in [-0.1, -0.05) is 23.2 Å². The van der Waals surface area contributed by atoms with Crippen LogP contribution in [0.25, 0.3) is 0 Å². The summed E-state index contributed by atoms with van der Waals surface area (Å²) < 4.78 is 64.5. The number of benzene rings is 1. The molecule has 1 aromatic heterocycles. The number of rotatable bonds is 3. The second-order valence-corrected chi connectivity index (χ2v) is 8.92. The van der Waals surface area contributed by atoms with E-state index in [1.807, 2.05) is 0 Å². The van der Waals surface area contributed by atoms with Gasteiger partial charge in [0, 0.05) is 26.2 Å². The minimum atomic E-state index is -4.55. The van der Waals surface area contributed by atoms with Gasteiger partial charge in [-0.25, -0.2) is 13.4 Å². The van der Waals surface area contributed by atoms with Gasteiger partial charge in [-0.2, -0.15) is 17.5 Å². The summed E-state index contributed by atoms with van der Waals surface area (Å²) in [6.07, 6.45) is -4.55. The molecule has 1 aliphatic heterocycles. The van der Waals surface area contributed by atoms with Crippen LogP contribution in [0.3, 0.4) is 0 Å². The Bertz CT molecular complexity index is 1020. The van der Waals surface area contributed by atoms with E-state index >= 15 is 0 Å². The molecule has 0 unspecified atom stereocenters. The molecule has 0 N–H and O–H groups in total. The molecule has 0 spiro atoms. The number of sulfonamides is 1. The molecule has 1 aliphatic rings. The van der Waals surface area contributed by atoms with Gasteiger partial charge in [0.15, 0.2) is 0 Å². The summed E-state index contributed by atoms with van der Waals surface area (Å²) in [5.41, 5.74) is -0.962. The number of halogens is 5. The predicted octanol–water partition coefficient (Wildman–Crippen LogP) is 3.55. The van der Waals surface area contributed by atoms with Gasteiger partial charge in [0.2, 0.25) is 10.0 Å². The lowest BCUT2D eigenvalue weighted by Gasteiger charge is -2.34. The van der Waals surface area contributed by atoms with Crippen LogP contribution in [0.5, 0.6) is 0 Å². The van der Waals surface area contributed by atoms with Crippen molar-refractivity contribution in [1.82, 2.24) is 14.2 Å². The topological polar surface area (TPSA) is 70.6 Å². The SMILES string of the molecule is O=C(c1nc(Cl)ccc1Cl)N1CCN(S(=O)(=O)c2ccc(C(F)(F)F)cc2)CC1. The van der Waals surface area contributed by atoms with Crippen LogP contribution in [0.4, 0.5) is 13.2 Å². The fraction of sp³-hybridized carbons (Fsp3) is 0.294. The summed E-state index contributed by atoms with van der Waals surface area (Å²) in [5.74, 6) is -0.482. The van der Waals surface area contributed by atoms with Crippen molar-refractivity contribution >= 4 is 39.1 Å². The summed E-state index contributed by atoms with van der Waals surface area (Å²) in [6, 6.07) is 6.17. The standard InChI is InChI=1S/C17H14Cl2F3N3O3S/c18-13-5-6-14(19)23-15(13)16(26)24-7-9-25(10-8-24)29(27,28)12-3-1-11(2-4-12)17(20,21)22/h1-6H,7-10H2. The molecule has 6 nitrogen and oxygen atoms in total. The van der Waals surface area contributed by atoms with Gasteiger partial charge in [-0.05, 0) is 36.4 Å². The number of pyridine rings is 1. The molecule has 2 aromatic rings. The smallest absolute Gasteiger partial charge is 0.335 e. The van der Waals surface area contributed by atoms with Crippen LogP contribution >= 0.6 is 23.2 Å². The minimum absolute atomic E-state index is 0.0206. The maximum atomic E-state index is 12.7. The number of amides is 1. The number of carbonyl (C=O) groups excluding carboxylic acids is 1. The van der Waals surface area contributed by atoms with E-state index in [-0.39, 0.29) is 46.9 Å². The Kier molecular flexibility index (Phi) is 6.09. The molecule has 0 bridgehead atoms. The zero-order valence-corrected chi connectivity index (χ0v) is 17.0. The van der Waals surface area contributed by atoms with Crippen LogP contribution in [0.2, 0.25) is 10.2 Å². The van der Waals surface area contributed by atoms with Gasteiger partial charge in [-0.15, -0.1) is 0 Å². The molecular formula is C17H14Cl2F3N3O3S. The summed E-state index contributed by atoms with van der Waals surface area (Å²) >= 11 is 11.8. The molecule has 0 atom stereocenters. The number of piperazine rings is 1. The molecule has 2 heterocycles. The van der Waals surface area contributed by atoms with E-state index in [9.17, 15) is 26.4 Å². The lowest BCUT2D eigenvalue weighted by Crippen LogP contribution is -2.50. The highest BCUT2D eigenvalue weighted by Crippen LogP contribution is 2.30. The van der Waals surface area contributed by atoms with Gasteiger partial charge < -0.3 is 4.90 Å². The molecule has 0 aliphatic carbocycles. The maximum absolute atomic E-state index is 12.7. The first-order valence-electron chi connectivity index (χ1n) is 8.29. The lowest BCUT2D eigenvalue weighted by molar-refractivity contribution is -0.137. The summed E-state index contributed by atoms with van der Waals surface area (Å²) in [4.78, 5) is 17.6. The van der Waals surface area contributed by atoms with Crippen LogP contribution in [0.15, 0.2) is 41.3 Å². The molecule has 1 amide bonds. The Hall–Kier alpha value is -1.88. The molecule has 0 radical (unpaired) electrons. The Morgan fingerprint density at radius 1 is 0.966 bits per heavy atom. The van der Waals surface area contributed by atoms with E-state index in [1.54, 1.807) is 0 Å². The largest absolute Gasteiger partial charge is 0.416 e. The Balaban J connectivity index is 1.71. The highest BCUT2D eigenvalue weighted by Gasteiger charge is 2.33. The van der Waals surface area contributed by atoms with Crippen LogP contribution < -0.4 is 0 Å². The molecule has 1 saturated heterocycles. The monoisotopic (exact) mass is 467 g/mol. The third-order valence-electron chi connectivity index (χ3n) is 4.36. The van der Waals surface area contributed by atoms with E-state index in [4.69, 9.17) is 23.2 Å². The molecule has 0 saturated carbocycles. The van der Waals surface area contributed by atoms with E-state index < -0.39 is 27.7 Å². The zero-order valence-electron chi connectivity index (χ0n) is 14.7. The van der Waals surface area contributed by atoms with Crippen molar-refractivity contribution < 1.29 is 26.4 Å². The van der Waals surface area contributed by atoms with Crippen LogP contribution in [0.1, 0.15) is 16.1 Å². The van der Waals surface area contributed by atoms with E-state index in [0.29, 0.717) is 0 Å². The second-order valence-electron chi connectivity index (χ2n) is 6.18. The van der Waals surface area contributed by atoms with Crippen molar-refractivity contribution in [3.8, 4) is 0 Å². The number of aromatic nitrogens is 1. The van der Waals surface area contributed by atoms with E-state index in [2.05, 4.69) is 4.98 Å². The highest BCUT2D eigenvalue weighted by molar-refractivity contribution is 7.89. The molecule has 29 heavy (non-hydrogen) atoms. The first-order valence-corrected chi connectivity index (χ1v) is 10.5. The van der Waals surface area contributed by atoms with Gasteiger partial charge in [-0.3, -0.25) is 4.79 Å². The number of alkyl halides is 3. The van der Waals surface area contributed by atoms with Crippen LogP contribution in [0, 0.1) is 0 Å². The molecule has 156 valence electrons. The van der Waals surface area contributed by atoms with Gasteiger partial charge >= 0.3 is 6.18 Å². The highest BCUT2D eigenvalue weighted by atomic mass is 35.5. The van der Waals surface area contributed by atoms with Crippen LogP contribution in [-0.2, 0) is 16.2 Å². The van der Waals surface area contributed by atoms with Crippen molar-refractivity contribution in [3.05, 3.63) is 57.8 Å². The summed E-state index contributed by atoms with van der Waals surface area (Å²) in [7, 11) is -3.99. The van der Waals surface area contributed by atoms with Crippen molar-refractivity contribution in [1.29, 1.82) is 0 Å². The number of carbonyl (C=O) groups is 1. The van der Waals surface area contributed by atoms with E-state index in [0.717, 1.165) is 28.6 Å². The van der Waals surface area contributed by atoms with Crippen molar-refractivity contribution in [2.24, 2.45) is 0 Å². The quantitative estimate of drug-likeness (QED) is 0.647. The van der Waals surface area contributed by atoms with Gasteiger partial charge in [0.1, 0.15) is 10.8 Å². The first-order chi connectivity index (χ1) is 13.5. The zero-order chi connectivity index (χ0) is 21.4. The average Bonchev–Trinajstić information content (AvgIpc) is 2.69. The van der Waals surface area contributed by atoms with Gasteiger partial charge in [0.25, 0.3) is 5.91 Å². The summed E-state index contributed by atoms with van der Waals surface area (Å²) in [5, 5.41) is 0.223. The fourth-order valence-corrected chi connectivity index (χ4v) is 4.57. The average molecular weight is 468 g/mol. The van der Waals surface area contributed by atoms with Crippen molar-refractivity contribution in [2.75, 3.05) is 26.2 Å². The second kappa shape index (κ2) is 8.10. The molecule has 12 heteroatoms. The lowest BCUT2D eigenvalue weighted by atomic mass is 10.2. The van der Waals surface area contributed by atoms with Crippen molar-refractivity contribution in [3.63, 3.8) is 0 Å². The normalized spacial score (nSPS) is 16.1. The number of nitrogens with zero attached hydrogens (tertiary/aromatic N) is 3. The Morgan fingerprint density at radius 3 is 2.10 bits per heavy atom. The third kappa shape index (κ3) is 4.66. The molecule has 1 aromatic carbocycles. The minimum Gasteiger partial charge on any atom is -0.335 e. The Labute approximate surface area is 174 Å². The van der Waals surface area contributed by atoms with Crippen molar-refractivity contribution in [2.45, 2.75) is 11.1 Å². The Morgan fingerprint density at radius 2 is 1.55 bits per heavy atom. The number of hydrogen-bond acceptors (Lipinski definition) is 4.